The first-order chi connectivity index (χ1) is 5.74. The normalized spacial score (nSPS) is 18.0. The maximum Gasteiger partial charge on any atom is 0.331 e. The second kappa shape index (κ2) is 4.39. The van der Waals surface area contributed by atoms with Crippen LogP contribution in [-0.2, 0) is 4.79 Å². The highest BCUT2D eigenvalue weighted by Gasteiger charge is 2.44. The zero-order valence-electron chi connectivity index (χ0n) is 7.62. The van der Waals surface area contributed by atoms with Gasteiger partial charge in [0, 0.05) is 3.58 Å². The molecule has 0 aliphatic carbocycles. The third-order valence-electron chi connectivity index (χ3n) is 1.90. The van der Waals surface area contributed by atoms with Crippen molar-refractivity contribution in [1.82, 2.24) is 0 Å². The van der Waals surface area contributed by atoms with E-state index in [0.717, 1.165) is 0 Å². The summed E-state index contributed by atoms with van der Waals surface area (Å²) in [7, 11) is 0. The average molecular weight is 299 g/mol. The maximum absolute atomic E-state index is 10.9. The van der Waals surface area contributed by atoms with Crippen molar-refractivity contribution < 1.29 is 15.0 Å². The largest absolute Gasteiger partial charge is 0.480 e. The topological polar surface area (TPSA) is 83.6 Å². The SMILES string of the molecule is C=C(I)[C@@](N)(C(=O)O)[C@H](O)C(C)C. The van der Waals surface area contributed by atoms with Gasteiger partial charge in [0.25, 0.3) is 0 Å². The lowest BCUT2D eigenvalue weighted by Gasteiger charge is -2.31. The molecule has 0 saturated heterocycles. The molecule has 0 unspecified atom stereocenters. The number of hydrogen-bond acceptors (Lipinski definition) is 3. The summed E-state index contributed by atoms with van der Waals surface area (Å²) in [6.07, 6.45) is -1.13. The maximum atomic E-state index is 10.9. The zero-order chi connectivity index (χ0) is 10.8. The number of carboxylic acids is 1. The van der Waals surface area contributed by atoms with Crippen LogP contribution in [0.15, 0.2) is 10.2 Å². The van der Waals surface area contributed by atoms with Gasteiger partial charge < -0.3 is 15.9 Å². The number of hydrogen-bond donors (Lipinski definition) is 3. The lowest BCUT2D eigenvalue weighted by Crippen LogP contribution is -2.59. The van der Waals surface area contributed by atoms with Crippen LogP contribution < -0.4 is 5.73 Å². The van der Waals surface area contributed by atoms with Crippen molar-refractivity contribution in [3.63, 3.8) is 0 Å². The zero-order valence-corrected chi connectivity index (χ0v) is 9.78. The Morgan fingerprint density at radius 1 is 1.62 bits per heavy atom. The van der Waals surface area contributed by atoms with Crippen LogP contribution in [0, 0.1) is 5.92 Å². The number of nitrogens with two attached hydrogens (primary N) is 1. The summed E-state index contributed by atoms with van der Waals surface area (Å²) in [5.41, 5.74) is 3.82. The highest BCUT2D eigenvalue weighted by molar-refractivity contribution is 14.1. The van der Waals surface area contributed by atoms with E-state index in [-0.39, 0.29) is 9.50 Å². The molecule has 0 fully saturated rings. The van der Waals surface area contributed by atoms with Crippen LogP contribution in [0.5, 0.6) is 0 Å². The van der Waals surface area contributed by atoms with Crippen LogP contribution in [0.2, 0.25) is 0 Å². The summed E-state index contributed by atoms with van der Waals surface area (Å²) in [6.45, 7) is 6.88. The molecule has 0 aliphatic heterocycles. The molecule has 4 N–H and O–H groups in total. The standard InChI is InChI=1S/C8H14INO3/c1-4(2)6(11)8(10,5(3)9)7(12)13/h4,6,11H,3,10H2,1-2H3,(H,12,13)/t6-,8+/m1/s1. The second-order valence-electron chi connectivity index (χ2n) is 3.27. The van der Waals surface area contributed by atoms with E-state index >= 15 is 0 Å². The van der Waals surface area contributed by atoms with Crippen LogP contribution in [-0.4, -0.2) is 27.8 Å². The van der Waals surface area contributed by atoms with Gasteiger partial charge in [0.2, 0.25) is 0 Å². The molecule has 13 heavy (non-hydrogen) atoms. The Kier molecular flexibility index (Phi) is 4.34. The lowest BCUT2D eigenvalue weighted by atomic mass is 9.86. The predicted molar refractivity (Wildman–Crippen MR) is 58.6 cm³/mol. The summed E-state index contributed by atoms with van der Waals surface area (Å²) >= 11 is 1.72. The number of rotatable bonds is 4. The molecule has 0 heterocycles. The number of halogens is 1. The van der Waals surface area contributed by atoms with E-state index in [0.29, 0.717) is 0 Å². The monoisotopic (exact) mass is 299 g/mol. The Labute approximate surface area is 91.0 Å². The Balaban J connectivity index is 5.02. The summed E-state index contributed by atoms with van der Waals surface area (Å²) in [6, 6.07) is 0. The molecule has 2 atom stereocenters. The van der Waals surface area contributed by atoms with Gasteiger partial charge in [-0.15, -0.1) is 0 Å². The summed E-state index contributed by atoms with van der Waals surface area (Å²) in [5.74, 6) is -1.49. The Morgan fingerprint density at radius 3 is 2.08 bits per heavy atom. The Hall–Kier alpha value is -0.140. The minimum absolute atomic E-state index is 0.221. The highest BCUT2D eigenvalue weighted by atomic mass is 127. The number of aliphatic carboxylic acids is 1. The molecule has 0 aromatic carbocycles. The van der Waals surface area contributed by atoms with Crippen molar-refractivity contribution in [3.05, 3.63) is 10.2 Å². The average Bonchev–Trinajstić information content (AvgIpc) is 2.00. The van der Waals surface area contributed by atoms with E-state index in [1.54, 1.807) is 36.4 Å². The van der Waals surface area contributed by atoms with Crippen molar-refractivity contribution in [2.75, 3.05) is 0 Å². The van der Waals surface area contributed by atoms with Gasteiger partial charge in [0.15, 0.2) is 5.54 Å². The molecular formula is C8H14INO3. The third-order valence-corrected chi connectivity index (χ3v) is 2.79. The number of carboxylic acid groups (broad SMARTS) is 1. The molecule has 5 heteroatoms. The predicted octanol–water partition coefficient (Wildman–Crippen LogP) is 0.734. The molecule has 4 nitrogen and oxygen atoms in total. The minimum Gasteiger partial charge on any atom is -0.480 e. The molecule has 0 aliphatic rings. The van der Waals surface area contributed by atoms with E-state index < -0.39 is 17.6 Å². The Bertz CT molecular complexity index is 213. The summed E-state index contributed by atoms with van der Waals surface area (Å²) in [4.78, 5) is 10.9. The summed E-state index contributed by atoms with van der Waals surface area (Å²) < 4.78 is 0.221. The molecule has 0 aromatic rings. The Morgan fingerprint density at radius 2 is 2.00 bits per heavy atom. The van der Waals surface area contributed by atoms with Crippen LogP contribution >= 0.6 is 22.6 Å². The molecular weight excluding hydrogens is 285 g/mol. The van der Waals surface area contributed by atoms with Gasteiger partial charge in [-0.2, -0.15) is 0 Å². The molecule has 0 spiro atoms. The number of aliphatic hydroxyl groups excluding tert-OH is 1. The van der Waals surface area contributed by atoms with Gasteiger partial charge in [0.05, 0.1) is 6.10 Å². The number of carbonyl (C=O) groups is 1. The van der Waals surface area contributed by atoms with E-state index in [1.807, 2.05) is 0 Å². The molecule has 0 aromatic heterocycles. The fourth-order valence-electron chi connectivity index (χ4n) is 0.929. The molecule has 0 radical (unpaired) electrons. The molecule has 76 valence electrons. The second-order valence-corrected chi connectivity index (χ2v) is 4.57. The van der Waals surface area contributed by atoms with Gasteiger partial charge in [-0.25, -0.2) is 4.79 Å². The van der Waals surface area contributed by atoms with Gasteiger partial charge in [-0.1, -0.05) is 20.4 Å². The quantitative estimate of drug-likeness (QED) is 0.668. The van der Waals surface area contributed by atoms with Crippen molar-refractivity contribution in [3.8, 4) is 0 Å². The smallest absolute Gasteiger partial charge is 0.331 e. The number of aliphatic hydroxyl groups is 1. The van der Waals surface area contributed by atoms with Crippen molar-refractivity contribution >= 4 is 28.6 Å². The molecule has 0 saturated carbocycles. The van der Waals surface area contributed by atoms with E-state index in [1.165, 1.54) is 0 Å². The fourth-order valence-corrected chi connectivity index (χ4v) is 1.48. The first-order valence-corrected chi connectivity index (χ1v) is 4.87. The van der Waals surface area contributed by atoms with Crippen molar-refractivity contribution in [2.45, 2.75) is 25.5 Å². The van der Waals surface area contributed by atoms with E-state index in [9.17, 15) is 9.90 Å². The minimum atomic E-state index is -1.76. The van der Waals surface area contributed by atoms with Crippen LogP contribution in [0.1, 0.15) is 13.8 Å². The van der Waals surface area contributed by atoms with Gasteiger partial charge in [-0.3, -0.25) is 0 Å². The van der Waals surface area contributed by atoms with Crippen LogP contribution in [0.25, 0.3) is 0 Å². The van der Waals surface area contributed by atoms with Gasteiger partial charge >= 0.3 is 5.97 Å². The first-order valence-electron chi connectivity index (χ1n) is 3.79. The van der Waals surface area contributed by atoms with Crippen LogP contribution in [0.4, 0.5) is 0 Å². The first kappa shape index (κ1) is 12.9. The van der Waals surface area contributed by atoms with Crippen LogP contribution in [0.3, 0.4) is 0 Å². The van der Waals surface area contributed by atoms with Gasteiger partial charge in [-0.05, 0) is 28.5 Å². The molecule has 0 amide bonds. The third kappa shape index (κ3) is 2.41. The highest BCUT2D eigenvalue weighted by Crippen LogP contribution is 2.27. The van der Waals surface area contributed by atoms with Gasteiger partial charge in [0.1, 0.15) is 0 Å². The van der Waals surface area contributed by atoms with Crippen molar-refractivity contribution in [1.29, 1.82) is 0 Å². The van der Waals surface area contributed by atoms with E-state index in [4.69, 9.17) is 10.8 Å². The summed E-state index contributed by atoms with van der Waals surface area (Å²) in [5, 5.41) is 18.5. The fraction of sp³-hybridized carbons (Fsp3) is 0.625. The lowest BCUT2D eigenvalue weighted by molar-refractivity contribution is -0.146. The van der Waals surface area contributed by atoms with E-state index in [2.05, 4.69) is 6.58 Å². The molecule has 0 rings (SSSR count). The van der Waals surface area contributed by atoms with Crippen molar-refractivity contribution in [2.24, 2.45) is 11.7 Å². The molecule has 0 bridgehead atoms.